The average Bonchev–Trinajstić information content (AvgIpc) is 3.01. The quantitative estimate of drug-likeness (QED) is 0.823. The SMILES string of the molecule is CCN(CC)C(=O)[C@@H]1CCCN1c1nccs1. The molecular weight excluding hydrogens is 234 g/mol. The van der Waals surface area contributed by atoms with E-state index in [1.54, 1.807) is 17.5 Å². The molecule has 17 heavy (non-hydrogen) atoms. The first-order chi connectivity index (χ1) is 8.27. The lowest BCUT2D eigenvalue weighted by molar-refractivity contribution is -0.132. The lowest BCUT2D eigenvalue weighted by atomic mass is 10.2. The molecule has 1 fully saturated rings. The molecule has 0 N–H and O–H groups in total. The van der Waals surface area contributed by atoms with Gasteiger partial charge in [0.25, 0.3) is 0 Å². The summed E-state index contributed by atoms with van der Waals surface area (Å²) in [5.41, 5.74) is 0. The molecule has 2 rings (SSSR count). The van der Waals surface area contributed by atoms with Crippen molar-refractivity contribution in [2.45, 2.75) is 32.7 Å². The highest BCUT2D eigenvalue weighted by Crippen LogP contribution is 2.28. The number of hydrogen-bond acceptors (Lipinski definition) is 4. The molecular formula is C12H19N3OS. The molecule has 0 radical (unpaired) electrons. The first kappa shape index (κ1) is 12.4. The van der Waals surface area contributed by atoms with E-state index in [4.69, 9.17) is 0 Å². The van der Waals surface area contributed by atoms with E-state index in [9.17, 15) is 4.79 Å². The van der Waals surface area contributed by atoms with Crippen molar-refractivity contribution in [2.24, 2.45) is 0 Å². The molecule has 2 heterocycles. The molecule has 0 aliphatic carbocycles. The zero-order valence-electron chi connectivity index (χ0n) is 10.4. The van der Waals surface area contributed by atoms with Crippen molar-refractivity contribution in [3.05, 3.63) is 11.6 Å². The van der Waals surface area contributed by atoms with Crippen molar-refractivity contribution >= 4 is 22.4 Å². The summed E-state index contributed by atoms with van der Waals surface area (Å²) in [5, 5.41) is 2.94. The van der Waals surface area contributed by atoms with Crippen LogP contribution in [0.2, 0.25) is 0 Å². The summed E-state index contributed by atoms with van der Waals surface area (Å²) in [6.07, 6.45) is 3.84. The van der Waals surface area contributed by atoms with Gasteiger partial charge in [0.2, 0.25) is 5.91 Å². The lowest BCUT2D eigenvalue weighted by Gasteiger charge is -2.28. The van der Waals surface area contributed by atoms with Crippen LogP contribution in [-0.2, 0) is 4.79 Å². The van der Waals surface area contributed by atoms with Gasteiger partial charge in [-0.2, -0.15) is 0 Å². The molecule has 1 aromatic rings. The van der Waals surface area contributed by atoms with Crippen LogP contribution in [-0.4, -0.2) is 41.5 Å². The topological polar surface area (TPSA) is 36.4 Å². The smallest absolute Gasteiger partial charge is 0.245 e. The Labute approximate surface area is 106 Å². The Hall–Kier alpha value is -1.10. The van der Waals surface area contributed by atoms with E-state index >= 15 is 0 Å². The van der Waals surface area contributed by atoms with Gasteiger partial charge >= 0.3 is 0 Å². The van der Waals surface area contributed by atoms with Gasteiger partial charge in [-0.05, 0) is 26.7 Å². The Bertz CT molecular complexity index is 362. The summed E-state index contributed by atoms with van der Waals surface area (Å²) in [4.78, 5) is 20.8. The van der Waals surface area contributed by atoms with Gasteiger partial charge in [-0.3, -0.25) is 4.79 Å². The Morgan fingerprint density at radius 1 is 1.59 bits per heavy atom. The van der Waals surface area contributed by atoms with Crippen molar-refractivity contribution in [1.82, 2.24) is 9.88 Å². The fourth-order valence-corrected chi connectivity index (χ4v) is 3.08. The number of nitrogens with zero attached hydrogens (tertiary/aromatic N) is 3. The highest BCUT2D eigenvalue weighted by molar-refractivity contribution is 7.13. The Kier molecular flexibility index (Phi) is 3.99. The summed E-state index contributed by atoms with van der Waals surface area (Å²) in [7, 11) is 0. The van der Waals surface area contributed by atoms with Crippen LogP contribution in [0, 0.1) is 0 Å². The number of thiazole rings is 1. The third-order valence-electron chi connectivity index (χ3n) is 3.28. The zero-order valence-corrected chi connectivity index (χ0v) is 11.2. The molecule has 0 bridgehead atoms. The van der Waals surface area contributed by atoms with Gasteiger partial charge in [0.05, 0.1) is 0 Å². The Morgan fingerprint density at radius 3 is 2.94 bits per heavy atom. The highest BCUT2D eigenvalue weighted by Gasteiger charge is 2.34. The molecule has 5 heteroatoms. The first-order valence-corrected chi connectivity index (χ1v) is 7.10. The summed E-state index contributed by atoms with van der Waals surface area (Å²) in [5.74, 6) is 0.253. The summed E-state index contributed by atoms with van der Waals surface area (Å²) >= 11 is 1.61. The van der Waals surface area contributed by atoms with E-state index in [0.29, 0.717) is 0 Å². The maximum absolute atomic E-state index is 12.4. The van der Waals surface area contributed by atoms with Crippen LogP contribution in [0.15, 0.2) is 11.6 Å². The van der Waals surface area contributed by atoms with Crippen molar-refractivity contribution in [3.8, 4) is 0 Å². The largest absolute Gasteiger partial charge is 0.341 e. The summed E-state index contributed by atoms with van der Waals surface area (Å²) < 4.78 is 0. The lowest BCUT2D eigenvalue weighted by Crippen LogP contribution is -2.45. The maximum atomic E-state index is 12.4. The third-order valence-corrected chi connectivity index (χ3v) is 4.09. The molecule has 1 aliphatic rings. The van der Waals surface area contributed by atoms with Gasteiger partial charge in [-0.15, -0.1) is 11.3 Å². The van der Waals surface area contributed by atoms with Crippen LogP contribution >= 0.6 is 11.3 Å². The number of likely N-dealkylation sites (N-methyl/N-ethyl adjacent to an activating group) is 1. The molecule has 0 aromatic carbocycles. The molecule has 0 spiro atoms. The highest BCUT2D eigenvalue weighted by atomic mass is 32.1. The molecule has 1 amide bonds. The van der Waals surface area contributed by atoms with Crippen LogP contribution in [0.5, 0.6) is 0 Å². The number of amides is 1. The molecule has 1 atom stereocenters. The first-order valence-electron chi connectivity index (χ1n) is 6.22. The van der Waals surface area contributed by atoms with E-state index in [2.05, 4.69) is 9.88 Å². The monoisotopic (exact) mass is 253 g/mol. The van der Waals surface area contributed by atoms with E-state index in [1.807, 2.05) is 24.1 Å². The molecule has 1 saturated heterocycles. The van der Waals surface area contributed by atoms with Gasteiger partial charge in [-0.25, -0.2) is 4.98 Å². The van der Waals surface area contributed by atoms with Crippen molar-refractivity contribution in [1.29, 1.82) is 0 Å². The van der Waals surface area contributed by atoms with Crippen molar-refractivity contribution in [2.75, 3.05) is 24.5 Å². The predicted octanol–water partition coefficient (Wildman–Crippen LogP) is 1.98. The van der Waals surface area contributed by atoms with E-state index in [-0.39, 0.29) is 11.9 Å². The summed E-state index contributed by atoms with van der Waals surface area (Å²) in [6, 6.07) is 0.000972. The van der Waals surface area contributed by atoms with Crippen LogP contribution < -0.4 is 4.90 Å². The van der Waals surface area contributed by atoms with Crippen molar-refractivity contribution in [3.63, 3.8) is 0 Å². The zero-order chi connectivity index (χ0) is 12.3. The molecule has 4 nitrogen and oxygen atoms in total. The molecule has 1 aromatic heterocycles. The second-order valence-electron chi connectivity index (χ2n) is 4.18. The van der Waals surface area contributed by atoms with Crippen LogP contribution in [0.25, 0.3) is 0 Å². The minimum absolute atomic E-state index is 0.000972. The number of rotatable bonds is 4. The minimum atomic E-state index is 0.000972. The Morgan fingerprint density at radius 2 is 2.35 bits per heavy atom. The number of hydrogen-bond donors (Lipinski definition) is 0. The van der Waals surface area contributed by atoms with Gasteiger partial charge < -0.3 is 9.80 Å². The molecule has 1 aliphatic heterocycles. The van der Waals surface area contributed by atoms with Gasteiger partial charge in [0.1, 0.15) is 6.04 Å². The van der Waals surface area contributed by atoms with Gasteiger partial charge in [0, 0.05) is 31.2 Å². The second kappa shape index (κ2) is 5.49. The minimum Gasteiger partial charge on any atom is -0.341 e. The average molecular weight is 253 g/mol. The molecule has 0 unspecified atom stereocenters. The fraction of sp³-hybridized carbons (Fsp3) is 0.667. The Balaban J connectivity index is 2.12. The maximum Gasteiger partial charge on any atom is 0.245 e. The second-order valence-corrected chi connectivity index (χ2v) is 5.05. The van der Waals surface area contributed by atoms with Gasteiger partial charge in [-0.1, -0.05) is 0 Å². The van der Waals surface area contributed by atoms with Crippen molar-refractivity contribution < 1.29 is 4.79 Å². The van der Waals surface area contributed by atoms with Crippen LogP contribution in [0.4, 0.5) is 5.13 Å². The van der Waals surface area contributed by atoms with Crippen LogP contribution in [0.3, 0.4) is 0 Å². The summed E-state index contributed by atoms with van der Waals surface area (Å²) in [6.45, 7) is 6.59. The van der Waals surface area contributed by atoms with Gasteiger partial charge in [0.15, 0.2) is 5.13 Å². The molecule has 0 saturated carbocycles. The van der Waals surface area contributed by atoms with E-state index < -0.39 is 0 Å². The number of carbonyl (C=O) groups excluding carboxylic acids is 1. The molecule has 94 valence electrons. The van der Waals surface area contributed by atoms with Crippen LogP contribution in [0.1, 0.15) is 26.7 Å². The predicted molar refractivity (Wildman–Crippen MR) is 70.4 cm³/mol. The number of anilines is 1. The standard InChI is InChI=1S/C12H19N3OS/c1-3-14(4-2)11(16)10-6-5-8-15(10)12-13-7-9-17-12/h7,9-10H,3-6,8H2,1-2H3/t10-/m0/s1. The normalized spacial score (nSPS) is 19.6. The fourth-order valence-electron chi connectivity index (χ4n) is 2.36. The third kappa shape index (κ3) is 2.44. The number of aromatic nitrogens is 1. The number of carbonyl (C=O) groups is 1. The van der Waals surface area contributed by atoms with E-state index in [0.717, 1.165) is 37.6 Å². The van der Waals surface area contributed by atoms with E-state index in [1.165, 1.54) is 0 Å².